The summed E-state index contributed by atoms with van der Waals surface area (Å²) < 4.78 is 1.87. The number of carbonyl (C=O) groups is 2. The molecule has 0 spiro atoms. The van der Waals surface area contributed by atoms with E-state index < -0.39 is 0 Å². The molecule has 1 N–H and O–H groups in total. The predicted octanol–water partition coefficient (Wildman–Crippen LogP) is 2.20. The zero-order valence-corrected chi connectivity index (χ0v) is 13.9. The number of hydrogen-bond acceptors (Lipinski definition) is 3. The van der Waals surface area contributed by atoms with E-state index in [4.69, 9.17) is 11.6 Å². The normalized spacial score (nSPS) is 14.7. The van der Waals surface area contributed by atoms with E-state index in [0.717, 1.165) is 18.4 Å². The van der Waals surface area contributed by atoms with Gasteiger partial charge >= 0.3 is 0 Å². The fraction of sp³-hybridized carbons (Fsp3) is 0.312. The Kier molecular flexibility index (Phi) is 4.93. The molecule has 0 unspecified atom stereocenters. The number of rotatable bonds is 5. The quantitative estimate of drug-likeness (QED) is 0.899. The summed E-state index contributed by atoms with van der Waals surface area (Å²) in [7, 11) is 0. The molecule has 1 heterocycles. The van der Waals surface area contributed by atoms with Crippen LogP contribution in [0.2, 0.25) is 5.02 Å². The van der Waals surface area contributed by atoms with Gasteiger partial charge in [0, 0.05) is 22.5 Å². The van der Waals surface area contributed by atoms with Gasteiger partial charge in [-0.05, 0) is 24.5 Å². The molecule has 2 amide bonds. The highest BCUT2D eigenvalue weighted by Crippen LogP contribution is 2.28. The van der Waals surface area contributed by atoms with Crippen molar-refractivity contribution in [3.05, 3.63) is 51.2 Å². The minimum atomic E-state index is -0.352. The van der Waals surface area contributed by atoms with Gasteiger partial charge in [-0.1, -0.05) is 29.8 Å². The summed E-state index contributed by atoms with van der Waals surface area (Å²) in [5, 5.41) is 5.17. The van der Waals surface area contributed by atoms with Crippen LogP contribution in [-0.4, -0.2) is 22.9 Å². The molecule has 7 heteroatoms. The summed E-state index contributed by atoms with van der Waals surface area (Å²) in [6.07, 6.45) is 3.70. The molecule has 0 aliphatic heterocycles. The second-order valence-corrected chi connectivity index (χ2v) is 6.68. The lowest BCUT2D eigenvalue weighted by atomic mass is 10.2. The van der Waals surface area contributed by atoms with Gasteiger partial charge in [0.05, 0.1) is 13.1 Å². The molecular formula is C16H16ClN3O2S. The van der Waals surface area contributed by atoms with Crippen molar-refractivity contribution in [3.8, 4) is 0 Å². The molecule has 1 aliphatic carbocycles. The van der Waals surface area contributed by atoms with Gasteiger partial charge in [0.15, 0.2) is 4.80 Å². The van der Waals surface area contributed by atoms with Crippen LogP contribution in [0.15, 0.2) is 40.8 Å². The Balaban J connectivity index is 1.68. The summed E-state index contributed by atoms with van der Waals surface area (Å²) in [6.45, 7) is 0.489. The van der Waals surface area contributed by atoms with E-state index in [0.29, 0.717) is 16.4 Å². The second kappa shape index (κ2) is 7.10. The van der Waals surface area contributed by atoms with Crippen molar-refractivity contribution in [2.75, 3.05) is 6.54 Å². The van der Waals surface area contributed by atoms with E-state index in [9.17, 15) is 9.59 Å². The first kappa shape index (κ1) is 16.0. The van der Waals surface area contributed by atoms with Crippen molar-refractivity contribution in [1.82, 2.24) is 9.88 Å². The minimum Gasteiger partial charge on any atom is -0.347 e. The number of nitrogens with one attached hydrogen (secondary N) is 1. The number of amides is 2. The van der Waals surface area contributed by atoms with Crippen LogP contribution < -0.4 is 10.1 Å². The first-order chi connectivity index (χ1) is 11.1. The molecule has 1 fully saturated rings. The van der Waals surface area contributed by atoms with Crippen molar-refractivity contribution < 1.29 is 9.59 Å². The molecular weight excluding hydrogens is 334 g/mol. The molecule has 3 rings (SSSR count). The zero-order chi connectivity index (χ0) is 16.2. The van der Waals surface area contributed by atoms with Crippen molar-refractivity contribution in [3.63, 3.8) is 0 Å². The molecule has 0 atom stereocenters. The van der Waals surface area contributed by atoms with Crippen LogP contribution in [0.3, 0.4) is 0 Å². The van der Waals surface area contributed by atoms with Crippen LogP contribution in [0.5, 0.6) is 0 Å². The summed E-state index contributed by atoms with van der Waals surface area (Å²) in [5.74, 6) is -0.312. The SMILES string of the molecule is O=C(CNC(=O)C1CC1)N=c1sccn1Cc1ccccc1Cl. The molecule has 2 aromatic rings. The van der Waals surface area contributed by atoms with E-state index in [1.807, 2.05) is 40.4 Å². The van der Waals surface area contributed by atoms with E-state index in [-0.39, 0.29) is 24.3 Å². The Morgan fingerprint density at radius 1 is 1.35 bits per heavy atom. The topological polar surface area (TPSA) is 63.5 Å². The fourth-order valence-corrected chi connectivity index (χ4v) is 3.06. The lowest BCUT2D eigenvalue weighted by molar-refractivity contribution is -0.125. The standard InChI is InChI=1S/C16H16ClN3O2S/c17-13-4-2-1-3-12(13)10-20-7-8-23-16(20)19-14(21)9-18-15(22)11-5-6-11/h1-4,7-8,11H,5-6,9-10H2,(H,18,22). The highest BCUT2D eigenvalue weighted by molar-refractivity contribution is 7.07. The number of benzene rings is 1. The molecule has 1 aromatic carbocycles. The molecule has 0 bridgehead atoms. The van der Waals surface area contributed by atoms with E-state index in [2.05, 4.69) is 10.3 Å². The van der Waals surface area contributed by atoms with Crippen LogP contribution in [0.25, 0.3) is 0 Å². The van der Waals surface area contributed by atoms with Crippen LogP contribution in [-0.2, 0) is 16.1 Å². The molecule has 5 nitrogen and oxygen atoms in total. The summed E-state index contributed by atoms with van der Waals surface area (Å²) in [4.78, 5) is 28.1. The highest BCUT2D eigenvalue weighted by atomic mass is 35.5. The van der Waals surface area contributed by atoms with Crippen molar-refractivity contribution in [2.24, 2.45) is 10.9 Å². The van der Waals surface area contributed by atoms with Crippen molar-refractivity contribution in [2.45, 2.75) is 19.4 Å². The third kappa shape index (κ3) is 4.30. The predicted molar refractivity (Wildman–Crippen MR) is 89.2 cm³/mol. The summed E-state index contributed by atoms with van der Waals surface area (Å²) >= 11 is 7.54. The molecule has 1 aromatic heterocycles. The Morgan fingerprint density at radius 3 is 2.87 bits per heavy atom. The van der Waals surface area contributed by atoms with Gasteiger partial charge in [0.2, 0.25) is 5.91 Å². The number of aromatic nitrogens is 1. The lowest BCUT2D eigenvalue weighted by Crippen LogP contribution is -2.31. The van der Waals surface area contributed by atoms with Crippen molar-refractivity contribution >= 4 is 34.8 Å². The first-order valence-corrected chi connectivity index (χ1v) is 8.62. The molecule has 1 saturated carbocycles. The number of carbonyl (C=O) groups excluding carboxylic acids is 2. The Bertz CT molecular complexity index is 792. The highest BCUT2D eigenvalue weighted by Gasteiger charge is 2.29. The molecule has 23 heavy (non-hydrogen) atoms. The van der Waals surface area contributed by atoms with Gasteiger partial charge < -0.3 is 9.88 Å². The third-order valence-electron chi connectivity index (χ3n) is 3.54. The van der Waals surface area contributed by atoms with E-state index >= 15 is 0 Å². The van der Waals surface area contributed by atoms with Gasteiger partial charge in [0.1, 0.15) is 0 Å². The van der Waals surface area contributed by atoms with Gasteiger partial charge in [-0.25, -0.2) is 0 Å². The van der Waals surface area contributed by atoms with Crippen LogP contribution >= 0.6 is 22.9 Å². The van der Waals surface area contributed by atoms with Crippen LogP contribution in [0.4, 0.5) is 0 Å². The molecule has 120 valence electrons. The average molecular weight is 350 g/mol. The third-order valence-corrected chi connectivity index (χ3v) is 4.70. The molecule has 0 saturated heterocycles. The average Bonchev–Trinajstić information content (AvgIpc) is 3.30. The van der Waals surface area contributed by atoms with Crippen LogP contribution in [0.1, 0.15) is 18.4 Å². The number of thiazole rings is 1. The maximum Gasteiger partial charge on any atom is 0.267 e. The monoisotopic (exact) mass is 349 g/mol. The summed E-state index contributed by atoms with van der Waals surface area (Å²) in [5.41, 5.74) is 0.962. The maximum absolute atomic E-state index is 11.9. The second-order valence-electron chi connectivity index (χ2n) is 5.40. The number of hydrogen-bond donors (Lipinski definition) is 1. The Hall–Kier alpha value is -1.92. The smallest absolute Gasteiger partial charge is 0.267 e. The number of nitrogens with zero attached hydrogens (tertiary/aromatic N) is 2. The molecule has 0 radical (unpaired) electrons. The first-order valence-electron chi connectivity index (χ1n) is 7.36. The minimum absolute atomic E-state index is 0.0522. The Labute approximate surface area is 142 Å². The number of halogens is 1. The fourth-order valence-electron chi connectivity index (χ4n) is 2.12. The van der Waals surface area contributed by atoms with E-state index in [1.165, 1.54) is 11.3 Å². The van der Waals surface area contributed by atoms with Gasteiger partial charge in [-0.15, -0.1) is 11.3 Å². The van der Waals surface area contributed by atoms with Crippen molar-refractivity contribution in [1.29, 1.82) is 0 Å². The van der Waals surface area contributed by atoms with Gasteiger partial charge in [-0.2, -0.15) is 4.99 Å². The maximum atomic E-state index is 11.9. The largest absolute Gasteiger partial charge is 0.347 e. The van der Waals surface area contributed by atoms with E-state index in [1.54, 1.807) is 0 Å². The van der Waals surface area contributed by atoms with Gasteiger partial charge in [0.25, 0.3) is 5.91 Å². The molecule has 1 aliphatic rings. The van der Waals surface area contributed by atoms with Gasteiger partial charge in [-0.3, -0.25) is 9.59 Å². The lowest BCUT2D eigenvalue weighted by Gasteiger charge is -2.05. The summed E-state index contributed by atoms with van der Waals surface area (Å²) in [6, 6.07) is 7.57. The zero-order valence-electron chi connectivity index (χ0n) is 12.4. The Morgan fingerprint density at radius 2 is 2.13 bits per heavy atom. The van der Waals surface area contributed by atoms with Crippen LogP contribution in [0, 0.1) is 5.92 Å².